The van der Waals surface area contributed by atoms with E-state index in [1.165, 1.54) is 89.9 Å². The SMILES string of the molecule is CCCCCCCCCCCCCCCC=CNCCCN. The van der Waals surface area contributed by atoms with Gasteiger partial charge in [-0.1, -0.05) is 90.0 Å². The van der Waals surface area contributed by atoms with Gasteiger partial charge >= 0.3 is 0 Å². The molecule has 0 rings (SSSR count). The Morgan fingerprint density at radius 2 is 1.18 bits per heavy atom. The van der Waals surface area contributed by atoms with E-state index in [4.69, 9.17) is 5.73 Å². The third-order valence-corrected chi connectivity index (χ3v) is 4.24. The summed E-state index contributed by atoms with van der Waals surface area (Å²) in [6.45, 7) is 4.07. The number of allylic oxidation sites excluding steroid dienone is 1. The Kier molecular flexibility index (Phi) is 20.0. The average molecular weight is 311 g/mol. The fraction of sp³-hybridized carbons (Fsp3) is 0.900. The molecule has 0 aromatic carbocycles. The van der Waals surface area contributed by atoms with E-state index < -0.39 is 0 Å². The van der Waals surface area contributed by atoms with E-state index in [1.54, 1.807) is 0 Å². The van der Waals surface area contributed by atoms with E-state index in [2.05, 4.69) is 24.5 Å². The van der Waals surface area contributed by atoms with E-state index in [1.807, 2.05) is 0 Å². The van der Waals surface area contributed by atoms with Crippen molar-refractivity contribution in [2.75, 3.05) is 13.1 Å². The van der Waals surface area contributed by atoms with Gasteiger partial charge in [0.15, 0.2) is 0 Å². The summed E-state index contributed by atoms with van der Waals surface area (Å²) >= 11 is 0. The molecular weight excluding hydrogens is 268 g/mol. The zero-order valence-electron chi connectivity index (χ0n) is 15.3. The molecule has 3 N–H and O–H groups in total. The van der Waals surface area contributed by atoms with E-state index >= 15 is 0 Å². The Morgan fingerprint density at radius 3 is 1.68 bits per heavy atom. The van der Waals surface area contributed by atoms with Gasteiger partial charge in [0.25, 0.3) is 0 Å². The molecule has 0 saturated carbocycles. The largest absolute Gasteiger partial charge is 0.391 e. The maximum absolute atomic E-state index is 5.44. The highest BCUT2D eigenvalue weighted by atomic mass is 14.8. The molecule has 0 aromatic heterocycles. The zero-order valence-corrected chi connectivity index (χ0v) is 15.3. The van der Waals surface area contributed by atoms with Crippen LogP contribution in [0.1, 0.15) is 103 Å². The van der Waals surface area contributed by atoms with Crippen LogP contribution < -0.4 is 11.1 Å². The summed E-state index contributed by atoms with van der Waals surface area (Å²) in [6.07, 6.45) is 25.2. The van der Waals surface area contributed by atoms with Gasteiger partial charge in [0.05, 0.1) is 0 Å². The lowest BCUT2D eigenvalue weighted by molar-refractivity contribution is 0.540. The van der Waals surface area contributed by atoms with Crippen LogP contribution >= 0.6 is 0 Å². The molecule has 0 amide bonds. The van der Waals surface area contributed by atoms with Gasteiger partial charge < -0.3 is 11.1 Å². The van der Waals surface area contributed by atoms with Crippen molar-refractivity contribution in [3.05, 3.63) is 12.3 Å². The molecule has 0 aliphatic heterocycles. The Hall–Kier alpha value is -0.500. The smallest absolute Gasteiger partial charge is 0.0153 e. The molecule has 0 unspecified atom stereocenters. The Morgan fingerprint density at radius 1 is 0.682 bits per heavy atom. The predicted octanol–water partition coefficient (Wildman–Crippen LogP) is 5.92. The molecule has 22 heavy (non-hydrogen) atoms. The van der Waals surface area contributed by atoms with Gasteiger partial charge in [-0.15, -0.1) is 0 Å². The highest BCUT2D eigenvalue weighted by molar-refractivity contribution is 4.79. The van der Waals surface area contributed by atoms with E-state index in [0.717, 1.165) is 19.5 Å². The molecule has 0 saturated heterocycles. The van der Waals surface area contributed by atoms with Crippen LogP contribution in [-0.2, 0) is 0 Å². The van der Waals surface area contributed by atoms with Gasteiger partial charge in [0.2, 0.25) is 0 Å². The summed E-state index contributed by atoms with van der Waals surface area (Å²) in [5, 5.41) is 3.27. The summed E-state index contributed by atoms with van der Waals surface area (Å²) in [5.74, 6) is 0. The minimum atomic E-state index is 0.777. The maximum atomic E-state index is 5.44. The molecule has 132 valence electrons. The number of hydrogen-bond acceptors (Lipinski definition) is 2. The van der Waals surface area contributed by atoms with Crippen molar-refractivity contribution in [2.45, 2.75) is 103 Å². The Labute approximate surface area is 140 Å². The maximum Gasteiger partial charge on any atom is 0.0153 e. The number of unbranched alkanes of at least 4 members (excludes halogenated alkanes) is 13. The molecule has 0 heterocycles. The lowest BCUT2D eigenvalue weighted by atomic mass is 10.0. The summed E-state index contributed by atoms with van der Waals surface area (Å²) in [7, 11) is 0. The average Bonchev–Trinajstić information content (AvgIpc) is 2.54. The molecule has 0 spiro atoms. The number of nitrogens with one attached hydrogen (secondary N) is 1. The summed E-state index contributed by atoms with van der Waals surface area (Å²) in [4.78, 5) is 0. The van der Waals surface area contributed by atoms with Crippen molar-refractivity contribution in [1.82, 2.24) is 5.32 Å². The van der Waals surface area contributed by atoms with Gasteiger partial charge in [-0.3, -0.25) is 0 Å². The van der Waals surface area contributed by atoms with Crippen LogP contribution in [0, 0.1) is 0 Å². The number of nitrogens with two attached hydrogens (primary N) is 1. The topological polar surface area (TPSA) is 38.0 Å². The van der Waals surface area contributed by atoms with E-state index in [9.17, 15) is 0 Å². The standard InChI is InChI=1S/C20H42N2/c1-2-3-4-5-6-7-8-9-10-11-12-13-14-15-16-19-22-20-17-18-21/h16,19,22H,2-15,17-18,20-21H2,1H3. The number of rotatable bonds is 18. The quantitative estimate of drug-likeness (QED) is 0.308. The normalized spacial score (nSPS) is 11.4. The summed E-state index contributed by atoms with van der Waals surface area (Å²) < 4.78 is 0. The van der Waals surface area contributed by atoms with Crippen molar-refractivity contribution in [3.63, 3.8) is 0 Å². The highest BCUT2D eigenvalue weighted by Crippen LogP contribution is 2.12. The van der Waals surface area contributed by atoms with Crippen LogP contribution in [0.4, 0.5) is 0 Å². The van der Waals surface area contributed by atoms with Crippen LogP contribution in [0.25, 0.3) is 0 Å². The fourth-order valence-corrected chi connectivity index (χ4v) is 2.73. The highest BCUT2D eigenvalue weighted by Gasteiger charge is 1.93. The first kappa shape index (κ1) is 21.5. The molecule has 0 aromatic rings. The molecule has 0 aliphatic rings. The predicted molar refractivity (Wildman–Crippen MR) is 101 cm³/mol. The summed E-state index contributed by atoms with van der Waals surface area (Å²) in [6, 6.07) is 0. The molecule has 2 heteroatoms. The Balaban J connectivity index is 2.99. The first-order valence-corrected chi connectivity index (χ1v) is 10.00. The zero-order chi connectivity index (χ0) is 16.1. The number of hydrogen-bond donors (Lipinski definition) is 2. The van der Waals surface area contributed by atoms with Crippen LogP contribution in [0.2, 0.25) is 0 Å². The van der Waals surface area contributed by atoms with Crippen LogP contribution in [-0.4, -0.2) is 13.1 Å². The van der Waals surface area contributed by atoms with Crippen LogP contribution in [0.3, 0.4) is 0 Å². The molecule has 0 fully saturated rings. The second kappa shape index (κ2) is 20.5. The van der Waals surface area contributed by atoms with Gasteiger partial charge in [0.1, 0.15) is 0 Å². The third kappa shape index (κ3) is 19.5. The van der Waals surface area contributed by atoms with E-state index in [0.29, 0.717) is 0 Å². The molecule has 0 aliphatic carbocycles. The molecule has 2 nitrogen and oxygen atoms in total. The van der Waals surface area contributed by atoms with Crippen molar-refractivity contribution >= 4 is 0 Å². The molecule has 0 bridgehead atoms. The lowest BCUT2D eigenvalue weighted by Gasteiger charge is -2.02. The third-order valence-electron chi connectivity index (χ3n) is 4.24. The van der Waals surface area contributed by atoms with Crippen molar-refractivity contribution in [1.29, 1.82) is 0 Å². The molecular formula is C20H42N2. The minimum absolute atomic E-state index is 0.777. The van der Waals surface area contributed by atoms with Crippen molar-refractivity contribution in [3.8, 4) is 0 Å². The Bertz CT molecular complexity index is 214. The van der Waals surface area contributed by atoms with Gasteiger partial charge in [-0.25, -0.2) is 0 Å². The molecule has 0 radical (unpaired) electrons. The second-order valence-corrected chi connectivity index (χ2v) is 6.53. The first-order valence-electron chi connectivity index (χ1n) is 10.00. The van der Waals surface area contributed by atoms with Crippen LogP contribution in [0.15, 0.2) is 12.3 Å². The van der Waals surface area contributed by atoms with Gasteiger partial charge in [0, 0.05) is 6.54 Å². The fourth-order valence-electron chi connectivity index (χ4n) is 2.73. The summed E-state index contributed by atoms with van der Waals surface area (Å²) in [5.41, 5.74) is 5.44. The van der Waals surface area contributed by atoms with Crippen LogP contribution in [0.5, 0.6) is 0 Å². The minimum Gasteiger partial charge on any atom is -0.391 e. The van der Waals surface area contributed by atoms with Crippen molar-refractivity contribution in [2.24, 2.45) is 5.73 Å². The second-order valence-electron chi connectivity index (χ2n) is 6.53. The lowest BCUT2D eigenvalue weighted by Crippen LogP contribution is -2.11. The monoisotopic (exact) mass is 310 g/mol. The first-order chi connectivity index (χ1) is 10.9. The van der Waals surface area contributed by atoms with E-state index in [-0.39, 0.29) is 0 Å². The molecule has 0 atom stereocenters. The van der Waals surface area contributed by atoms with Crippen molar-refractivity contribution < 1.29 is 0 Å². The van der Waals surface area contributed by atoms with Gasteiger partial charge in [-0.05, 0) is 32.0 Å². The van der Waals surface area contributed by atoms with Gasteiger partial charge in [-0.2, -0.15) is 0 Å².